The zero-order valence-corrected chi connectivity index (χ0v) is 12.4. The second kappa shape index (κ2) is 6.77. The van der Waals surface area contributed by atoms with Gasteiger partial charge in [0.05, 0.1) is 0 Å². The van der Waals surface area contributed by atoms with Crippen molar-refractivity contribution in [2.24, 2.45) is 5.92 Å². The lowest BCUT2D eigenvalue weighted by atomic mass is 10.0. The highest BCUT2D eigenvalue weighted by Gasteiger charge is 2.13. The third kappa shape index (κ3) is 3.74. The van der Waals surface area contributed by atoms with Crippen molar-refractivity contribution in [3.05, 3.63) is 26.9 Å². The minimum Gasteiger partial charge on any atom is -0.371 e. The molecule has 0 atom stereocenters. The smallest absolute Gasteiger partial charge is 0.330 e. The second-order valence-corrected chi connectivity index (χ2v) is 6.03. The second-order valence-electron chi connectivity index (χ2n) is 6.03. The molecule has 1 saturated carbocycles. The van der Waals surface area contributed by atoms with E-state index in [4.69, 9.17) is 0 Å². The van der Waals surface area contributed by atoms with E-state index in [9.17, 15) is 9.59 Å². The van der Waals surface area contributed by atoms with Crippen molar-refractivity contribution in [1.82, 2.24) is 9.55 Å². The third-order valence-electron chi connectivity index (χ3n) is 4.04. The van der Waals surface area contributed by atoms with Gasteiger partial charge in [-0.15, -0.1) is 0 Å². The van der Waals surface area contributed by atoms with Gasteiger partial charge in [-0.25, -0.2) is 4.79 Å². The standard InChI is InChI=1S/C15H25N3O2/c1-11(2)18-14(19)9-13(17-15(18)20)16-10-12-7-5-3-4-6-8-12/h9,11-12,16H,3-8,10H2,1-2H3,(H,17,20). The molecule has 0 spiro atoms. The Labute approximate surface area is 119 Å². The Balaban J connectivity index is 2.03. The Bertz CT molecular complexity index is 506. The maximum Gasteiger partial charge on any atom is 0.330 e. The van der Waals surface area contributed by atoms with Gasteiger partial charge < -0.3 is 5.32 Å². The van der Waals surface area contributed by atoms with Crippen molar-refractivity contribution in [2.45, 2.75) is 58.4 Å². The van der Waals surface area contributed by atoms with Gasteiger partial charge >= 0.3 is 5.69 Å². The van der Waals surface area contributed by atoms with E-state index in [0.717, 1.165) is 6.54 Å². The van der Waals surface area contributed by atoms with Crippen LogP contribution < -0.4 is 16.6 Å². The van der Waals surface area contributed by atoms with Crippen LogP contribution in [0.15, 0.2) is 15.7 Å². The fraction of sp³-hybridized carbons (Fsp3) is 0.733. The van der Waals surface area contributed by atoms with Crippen molar-refractivity contribution in [2.75, 3.05) is 11.9 Å². The van der Waals surface area contributed by atoms with Gasteiger partial charge in [-0.05, 0) is 32.6 Å². The molecule has 2 N–H and O–H groups in total. The van der Waals surface area contributed by atoms with Crippen molar-refractivity contribution in [3.63, 3.8) is 0 Å². The van der Waals surface area contributed by atoms with Crippen LogP contribution in [0, 0.1) is 5.92 Å². The van der Waals surface area contributed by atoms with Gasteiger partial charge in [0.15, 0.2) is 0 Å². The molecule has 0 saturated heterocycles. The number of H-pyrrole nitrogens is 1. The van der Waals surface area contributed by atoms with Crippen LogP contribution in [0.25, 0.3) is 0 Å². The first kappa shape index (κ1) is 14.9. The van der Waals surface area contributed by atoms with Gasteiger partial charge in [0, 0.05) is 18.7 Å². The van der Waals surface area contributed by atoms with E-state index < -0.39 is 0 Å². The van der Waals surface area contributed by atoms with E-state index in [0.29, 0.717) is 11.7 Å². The molecule has 1 heterocycles. The van der Waals surface area contributed by atoms with Gasteiger partial charge in [-0.1, -0.05) is 25.7 Å². The molecule has 20 heavy (non-hydrogen) atoms. The normalized spacial score (nSPS) is 17.1. The van der Waals surface area contributed by atoms with Gasteiger partial charge in [0.25, 0.3) is 5.56 Å². The molecule has 0 aromatic carbocycles. The Kier molecular flexibility index (Phi) is 5.04. The molecule has 0 unspecified atom stereocenters. The highest BCUT2D eigenvalue weighted by Crippen LogP contribution is 2.22. The highest BCUT2D eigenvalue weighted by molar-refractivity contribution is 5.31. The molecule has 5 heteroatoms. The lowest BCUT2D eigenvalue weighted by Gasteiger charge is -2.16. The van der Waals surface area contributed by atoms with Crippen molar-refractivity contribution >= 4 is 5.82 Å². The molecule has 2 rings (SSSR count). The van der Waals surface area contributed by atoms with E-state index in [2.05, 4.69) is 10.3 Å². The molecule has 1 aromatic rings. The van der Waals surface area contributed by atoms with Crippen molar-refractivity contribution in [1.29, 1.82) is 0 Å². The van der Waals surface area contributed by atoms with Crippen LogP contribution in [-0.4, -0.2) is 16.1 Å². The minimum atomic E-state index is -0.337. The third-order valence-corrected chi connectivity index (χ3v) is 4.04. The molecule has 1 aromatic heterocycles. The van der Waals surface area contributed by atoms with Crippen LogP contribution >= 0.6 is 0 Å². The summed E-state index contributed by atoms with van der Waals surface area (Å²) in [5.41, 5.74) is -0.581. The predicted molar refractivity (Wildman–Crippen MR) is 81.4 cm³/mol. The zero-order valence-electron chi connectivity index (χ0n) is 12.4. The van der Waals surface area contributed by atoms with Crippen LogP contribution in [0.2, 0.25) is 0 Å². The Hall–Kier alpha value is -1.52. The largest absolute Gasteiger partial charge is 0.371 e. The van der Waals surface area contributed by atoms with E-state index in [1.54, 1.807) is 0 Å². The fourth-order valence-electron chi connectivity index (χ4n) is 2.91. The lowest BCUT2D eigenvalue weighted by Crippen LogP contribution is -2.36. The average molecular weight is 279 g/mol. The van der Waals surface area contributed by atoms with Crippen LogP contribution in [0.5, 0.6) is 0 Å². The summed E-state index contributed by atoms with van der Waals surface area (Å²) < 4.78 is 1.23. The molecule has 1 aliphatic rings. The molecular formula is C15H25N3O2. The SMILES string of the molecule is CC(C)n1c(=O)cc(NCC2CCCCCC2)[nH]c1=O. The number of hydrogen-bond acceptors (Lipinski definition) is 3. The first-order valence-corrected chi connectivity index (χ1v) is 7.67. The Morgan fingerprint density at radius 2 is 1.90 bits per heavy atom. The summed E-state index contributed by atoms with van der Waals surface area (Å²) >= 11 is 0. The maximum atomic E-state index is 11.9. The summed E-state index contributed by atoms with van der Waals surface area (Å²) in [5, 5.41) is 3.22. The van der Waals surface area contributed by atoms with Crippen LogP contribution in [0.3, 0.4) is 0 Å². The molecule has 5 nitrogen and oxygen atoms in total. The molecular weight excluding hydrogens is 254 g/mol. The summed E-state index contributed by atoms with van der Waals surface area (Å²) in [6.07, 6.45) is 7.71. The molecule has 112 valence electrons. The van der Waals surface area contributed by atoms with Crippen LogP contribution in [0.1, 0.15) is 58.4 Å². The Morgan fingerprint density at radius 3 is 2.45 bits per heavy atom. The maximum absolute atomic E-state index is 11.9. The van der Waals surface area contributed by atoms with Crippen molar-refractivity contribution in [3.8, 4) is 0 Å². The summed E-state index contributed by atoms with van der Waals surface area (Å²) in [5.74, 6) is 1.19. The monoisotopic (exact) mass is 279 g/mol. The van der Waals surface area contributed by atoms with Crippen molar-refractivity contribution < 1.29 is 0 Å². The van der Waals surface area contributed by atoms with Gasteiger partial charge in [-0.3, -0.25) is 14.3 Å². The first-order chi connectivity index (χ1) is 9.58. The average Bonchev–Trinajstić information content (AvgIpc) is 2.63. The first-order valence-electron chi connectivity index (χ1n) is 7.67. The number of rotatable bonds is 4. The number of hydrogen-bond donors (Lipinski definition) is 2. The molecule has 0 bridgehead atoms. The quantitative estimate of drug-likeness (QED) is 0.832. The topological polar surface area (TPSA) is 66.9 Å². The number of nitrogens with one attached hydrogen (secondary N) is 2. The molecule has 1 aliphatic carbocycles. The summed E-state index contributed by atoms with van der Waals surface area (Å²) in [7, 11) is 0. The zero-order chi connectivity index (χ0) is 14.5. The number of nitrogens with zero attached hydrogens (tertiary/aromatic N) is 1. The fourth-order valence-corrected chi connectivity index (χ4v) is 2.91. The van der Waals surface area contributed by atoms with E-state index in [1.165, 1.54) is 49.2 Å². The Morgan fingerprint density at radius 1 is 1.25 bits per heavy atom. The van der Waals surface area contributed by atoms with E-state index in [1.807, 2.05) is 13.8 Å². The van der Waals surface area contributed by atoms with E-state index >= 15 is 0 Å². The lowest BCUT2D eigenvalue weighted by molar-refractivity contribution is 0.482. The van der Waals surface area contributed by atoms with Gasteiger partial charge in [-0.2, -0.15) is 0 Å². The summed E-state index contributed by atoms with van der Waals surface area (Å²) in [6.45, 7) is 4.49. The highest BCUT2D eigenvalue weighted by atomic mass is 16.2. The molecule has 0 radical (unpaired) electrons. The summed E-state index contributed by atoms with van der Waals surface area (Å²) in [4.78, 5) is 26.5. The number of aromatic amines is 1. The molecule has 1 fully saturated rings. The molecule has 0 aliphatic heterocycles. The van der Waals surface area contributed by atoms with Gasteiger partial charge in [0.2, 0.25) is 0 Å². The van der Waals surface area contributed by atoms with Gasteiger partial charge in [0.1, 0.15) is 5.82 Å². The predicted octanol–water partition coefficient (Wildman–Crippen LogP) is 2.50. The minimum absolute atomic E-state index is 0.123. The van der Waals surface area contributed by atoms with E-state index in [-0.39, 0.29) is 17.3 Å². The summed E-state index contributed by atoms with van der Waals surface area (Å²) in [6, 6.07) is 1.36. The molecule has 0 amide bonds. The number of anilines is 1. The number of aromatic nitrogens is 2. The van der Waals surface area contributed by atoms with Crippen LogP contribution in [0.4, 0.5) is 5.82 Å². The van der Waals surface area contributed by atoms with Crippen LogP contribution in [-0.2, 0) is 0 Å².